The van der Waals surface area contributed by atoms with Crippen molar-refractivity contribution in [1.29, 1.82) is 0 Å². The summed E-state index contributed by atoms with van der Waals surface area (Å²) in [7, 11) is 0. The van der Waals surface area contributed by atoms with Gasteiger partial charge in [-0.3, -0.25) is 0 Å². The molecule has 0 fully saturated rings. The standard InChI is InChI=1S/C17H19ClN2O/c1-12-4-3-5-16(13(12)2)20-17(21)19-11-10-14-6-8-15(18)9-7-14/h3-9H,10-11H2,1-2H3,(H2,19,20,21). The molecule has 0 unspecified atom stereocenters. The highest BCUT2D eigenvalue weighted by molar-refractivity contribution is 6.30. The Hall–Kier alpha value is -2.00. The van der Waals surface area contributed by atoms with Gasteiger partial charge in [0.1, 0.15) is 0 Å². The number of hydrogen-bond donors (Lipinski definition) is 2. The first-order valence-electron chi connectivity index (χ1n) is 6.92. The molecule has 3 nitrogen and oxygen atoms in total. The average molecular weight is 303 g/mol. The van der Waals surface area contributed by atoms with Crippen LogP contribution >= 0.6 is 11.6 Å². The molecule has 21 heavy (non-hydrogen) atoms. The molecule has 110 valence electrons. The van der Waals surface area contributed by atoms with Crippen LogP contribution in [0, 0.1) is 13.8 Å². The number of carbonyl (C=O) groups is 1. The lowest BCUT2D eigenvalue weighted by atomic mass is 10.1. The number of nitrogens with one attached hydrogen (secondary N) is 2. The van der Waals surface area contributed by atoms with E-state index in [0.29, 0.717) is 6.54 Å². The molecule has 0 heterocycles. The smallest absolute Gasteiger partial charge is 0.319 e. The fourth-order valence-electron chi connectivity index (χ4n) is 2.02. The van der Waals surface area contributed by atoms with Crippen LogP contribution in [-0.4, -0.2) is 12.6 Å². The minimum absolute atomic E-state index is 0.183. The Morgan fingerprint density at radius 1 is 1.10 bits per heavy atom. The second-order valence-electron chi connectivity index (χ2n) is 5.00. The molecule has 0 aliphatic heterocycles. The molecule has 0 saturated carbocycles. The number of hydrogen-bond acceptors (Lipinski definition) is 1. The maximum absolute atomic E-state index is 11.9. The third-order valence-corrected chi connectivity index (χ3v) is 3.72. The summed E-state index contributed by atoms with van der Waals surface area (Å²) in [5.41, 5.74) is 4.24. The number of rotatable bonds is 4. The maximum atomic E-state index is 11.9. The Balaban J connectivity index is 1.82. The first-order chi connectivity index (χ1) is 10.1. The summed E-state index contributed by atoms with van der Waals surface area (Å²) in [6.45, 7) is 4.61. The molecule has 2 aromatic rings. The highest BCUT2D eigenvalue weighted by Crippen LogP contribution is 2.17. The van der Waals surface area contributed by atoms with Crippen molar-refractivity contribution in [3.63, 3.8) is 0 Å². The van der Waals surface area contributed by atoms with E-state index >= 15 is 0 Å². The third-order valence-electron chi connectivity index (χ3n) is 3.47. The first-order valence-corrected chi connectivity index (χ1v) is 7.29. The lowest BCUT2D eigenvalue weighted by molar-refractivity contribution is 0.252. The third kappa shape index (κ3) is 4.50. The molecular formula is C17H19ClN2O. The van der Waals surface area contributed by atoms with Crippen molar-refractivity contribution in [3.8, 4) is 0 Å². The van der Waals surface area contributed by atoms with Crippen LogP contribution in [0.1, 0.15) is 16.7 Å². The molecule has 4 heteroatoms. The van der Waals surface area contributed by atoms with Gasteiger partial charge in [0.2, 0.25) is 0 Å². The van der Waals surface area contributed by atoms with E-state index < -0.39 is 0 Å². The molecule has 2 N–H and O–H groups in total. The van der Waals surface area contributed by atoms with Crippen LogP contribution in [0.3, 0.4) is 0 Å². The summed E-state index contributed by atoms with van der Waals surface area (Å²) in [6.07, 6.45) is 0.775. The molecule has 0 radical (unpaired) electrons. The van der Waals surface area contributed by atoms with Crippen LogP contribution in [0.4, 0.5) is 10.5 Å². The van der Waals surface area contributed by atoms with Gasteiger partial charge >= 0.3 is 6.03 Å². The van der Waals surface area contributed by atoms with Crippen molar-refractivity contribution in [1.82, 2.24) is 5.32 Å². The number of aryl methyl sites for hydroxylation is 1. The van der Waals surface area contributed by atoms with E-state index in [2.05, 4.69) is 10.6 Å². The SMILES string of the molecule is Cc1cccc(NC(=O)NCCc2ccc(Cl)cc2)c1C. The average Bonchev–Trinajstić information content (AvgIpc) is 2.46. The Morgan fingerprint density at radius 3 is 2.52 bits per heavy atom. The number of amides is 2. The van der Waals surface area contributed by atoms with Crippen LogP contribution in [0.25, 0.3) is 0 Å². The quantitative estimate of drug-likeness (QED) is 0.867. The second kappa shape index (κ2) is 7.14. The van der Waals surface area contributed by atoms with Gasteiger partial charge in [0.05, 0.1) is 0 Å². The molecule has 0 aliphatic carbocycles. The number of anilines is 1. The Bertz CT molecular complexity index is 623. The first kappa shape index (κ1) is 15.4. The van der Waals surface area contributed by atoms with E-state index in [4.69, 9.17) is 11.6 Å². The van der Waals surface area contributed by atoms with E-state index in [0.717, 1.165) is 33.8 Å². The largest absolute Gasteiger partial charge is 0.338 e. The van der Waals surface area contributed by atoms with Gasteiger partial charge in [-0.1, -0.05) is 35.9 Å². The minimum atomic E-state index is -0.183. The Morgan fingerprint density at radius 2 is 1.81 bits per heavy atom. The zero-order valence-corrected chi connectivity index (χ0v) is 13.0. The van der Waals surface area contributed by atoms with Crippen molar-refractivity contribution < 1.29 is 4.79 Å². The van der Waals surface area contributed by atoms with E-state index in [9.17, 15) is 4.79 Å². The zero-order chi connectivity index (χ0) is 15.2. The van der Waals surface area contributed by atoms with Crippen molar-refractivity contribution in [2.45, 2.75) is 20.3 Å². The summed E-state index contributed by atoms with van der Waals surface area (Å²) in [5, 5.41) is 6.45. The van der Waals surface area contributed by atoms with E-state index in [1.54, 1.807) is 0 Å². The van der Waals surface area contributed by atoms with E-state index in [1.165, 1.54) is 0 Å². The summed E-state index contributed by atoms with van der Waals surface area (Å²) < 4.78 is 0. The number of benzene rings is 2. The van der Waals surface area contributed by atoms with Crippen LogP contribution in [0.15, 0.2) is 42.5 Å². The number of urea groups is 1. The second-order valence-corrected chi connectivity index (χ2v) is 5.44. The summed E-state index contributed by atoms with van der Waals surface area (Å²) in [6, 6.07) is 13.3. The molecule has 0 spiro atoms. The van der Waals surface area contributed by atoms with Crippen LogP contribution < -0.4 is 10.6 Å². The normalized spacial score (nSPS) is 10.2. The molecule has 0 aromatic heterocycles. The van der Waals surface area contributed by atoms with Crippen molar-refractivity contribution in [2.24, 2.45) is 0 Å². The molecule has 2 rings (SSSR count). The molecule has 2 amide bonds. The molecule has 2 aromatic carbocycles. The minimum Gasteiger partial charge on any atom is -0.338 e. The van der Waals surface area contributed by atoms with Crippen molar-refractivity contribution in [3.05, 3.63) is 64.2 Å². The Labute approximate surface area is 130 Å². The van der Waals surface area contributed by atoms with Gasteiger partial charge in [-0.05, 0) is 55.2 Å². The topological polar surface area (TPSA) is 41.1 Å². The maximum Gasteiger partial charge on any atom is 0.319 e. The molecule has 0 bridgehead atoms. The fourth-order valence-corrected chi connectivity index (χ4v) is 2.15. The molecule has 0 atom stereocenters. The van der Waals surface area contributed by atoms with Crippen LogP contribution in [0.2, 0.25) is 5.02 Å². The van der Waals surface area contributed by atoms with E-state index in [1.807, 2.05) is 56.3 Å². The van der Waals surface area contributed by atoms with Gasteiger partial charge in [0.25, 0.3) is 0 Å². The van der Waals surface area contributed by atoms with Gasteiger partial charge in [0, 0.05) is 17.3 Å². The highest BCUT2D eigenvalue weighted by Gasteiger charge is 2.05. The van der Waals surface area contributed by atoms with Crippen molar-refractivity contribution in [2.75, 3.05) is 11.9 Å². The van der Waals surface area contributed by atoms with Gasteiger partial charge in [-0.15, -0.1) is 0 Å². The van der Waals surface area contributed by atoms with Gasteiger partial charge in [-0.2, -0.15) is 0 Å². The van der Waals surface area contributed by atoms with Gasteiger partial charge in [0.15, 0.2) is 0 Å². The van der Waals surface area contributed by atoms with Gasteiger partial charge < -0.3 is 10.6 Å². The lowest BCUT2D eigenvalue weighted by Gasteiger charge is -2.11. The molecule has 0 saturated heterocycles. The Kier molecular flexibility index (Phi) is 5.23. The predicted molar refractivity (Wildman–Crippen MR) is 88.1 cm³/mol. The summed E-state index contributed by atoms with van der Waals surface area (Å²) in [5.74, 6) is 0. The van der Waals surface area contributed by atoms with Crippen LogP contribution in [0.5, 0.6) is 0 Å². The monoisotopic (exact) mass is 302 g/mol. The van der Waals surface area contributed by atoms with Crippen molar-refractivity contribution >= 4 is 23.3 Å². The summed E-state index contributed by atoms with van der Waals surface area (Å²) >= 11 is 5.83. The summed E-state index contributed by atoms with van der Waals surface area (Å²) in [4.78, 5) is 11.9. The number of halogens is 1. The highest BCUT2D eigenvalue weighted by atomic mass is 35.5. The van der Waals surface area contributed by atoms with Gasteiger partial charge in [-0.25, -0.2) is 4.79 Å². The number of carbonyl (C=O) groups excluding carboxylic acids is 1. The fraction of sp³-hybridized carbons (Fsp3) is 0.235. The zero-order valence-electron chi connectivity index (χ0n) is 12.2. The molecular weight excluding hydrogens is 284 g/mol. The predicted octanol–water partition coefficient (Wildman–Crippen LogP) is 4.32. The van der Waals surface area contributed by atoms with Crippen LogP contribution in [-0.2, 0) is 6.42 Å². The van der Waals surface area contributed by atoms with E-state index in [-0.39, 0.29) is 6.03 Å². The molecule has 0 aliphatic rings. The lowest BCUT2D eigenvalue weighted by Crippen LogP contribution is -2.30.